The van der Waals surface area contributed by atoms with E-state index in [1.165, 1.54) is 0 Å². The topological polar surface area (TPSA) is 55.0 Å². The van der Waals surface area contributed by atoms with Crippen molar-refractivity contribution in [3.63, 3.8) is 0 Å². The summed E-state index contributed by atoms with van der Waals surface area (Å²) < 4.78 is 0. The van der Waals surface area contributed by atoms with Crippen LogP contribution in [0, 0.1) is 0 Å². The zero-order chi connectivity index (χ0) is 14.7. The standard InChI is InChI=1S/C17H18N4/c1-21(11-8-14-4-2-3-9-19-14)17-7-10-20-16-12-13(18)5-6-15(16)17/h2-7,9-10,12H,8,11,18H2,1H3. The van der Waals surface area contributed by atoms with Crippen molar-refractivity contribution in [1.29, 1.82) is 0 Å². The molecule has 3 aromatic rings. The molecule has 0 saturated carbocycles. The summed E-state index contributed by atoms with van der Waals surface area (Å²) in [6, 6.07) is 13.9. The van der Waals surface area contributed by atoms with Crippen molar-refractivity contribution in [2.75, 3.05) is 24.2 Å². The van der Waals surface area contributed by atoms with Gasteiger partial charge in [0.15, 0.2) is 0 Å². The Balaban J connectivity index is 1.83. The molecule has 0 fully saturated rings. The predicted molar refractivity (Wildman–Crippen MR) is 87.4 cm³/mol. The number of nitrogens with two attached hydrogens (primary N) is 1. The van der Waals surface area contributed by atoms with Crippen molar-refractivity contribution in [3.05, 3.63) is 60.6 Å². The summed E-state index contributed by atoms with van der Waals surface area (Å²) in [6.45, 7) is 0.903. The molecule has 2 heterocycles. The molecule has 0 unspecified atom stereocenters. The first kappa shape index (κ1) is 13.4. The molecular formula is C17H18N4. The molecule has 0 aliphatic rings. The average molecular weight is 278 g/mol. The van der Waals surface area contributed by atoms with Gasteiger partial charge < -0.3 is 10.6 Å². The largest absolute Gasteiger partial charge is 0.399 e. The van der Waals surface area contributed by atoms with E-state index in [-0.39, 0.29) is 0 Å². The van der Waals surface area contributed by atoms with Crippen LogP contribution in [-0.2, 0) is 6.42 Å². The number of fused-ring (bicyclic) bond motifs is 1. The molecule has 0 aliphatic carbocycles. The maximum atomic E-state index is 5.82. The highest BCUT2D eigenvalue weighted by Gasteiger charge is 2.07. The van der Waals surface area contributed by atoms with Gasteiger partial charge in [0.2, 0.25) is 0 Å². The lowest BCUT2D eigenvalue weighted by atomic mass is 10.1. The monoisotopic (exact) mass is 278 g/mol. The van der Waals surface area contributed by atoms with Gasteiger partial charge in [-0.2, -0.15) is 0 Å². The molecule has 3 rings (SSSR count). The van der Waals surface area contributed by atoms with Gasteiger partial charge in [-0.3, -0.25) is 9.97 Å². The molecule has 0 radical (unpaired) electrons. The van der Waals surface area contributed by atoms with Crippen molar-refractivity contribution in [2.24, 2.45) is 0 Å². The molecule has 0 amide bonds. The second-order valence-corrected chi connectivity index (χ2v) is 5.10. The van der Waals surface area contributed by atoms with E-state index in [9.17, 15) is 0 Å². The molecular weight excluding hydrogens is 260 g/mol. The van der Waals surface area contributed by atoms with E-state index < -0.39 is 0 Å². The van der Waals surface area contributed by atoms with Crippen LogP contribution in [0.2, 0.25) is 0 Å². The summed E-state index contributed by atoms with van der Waals surface area (Å²) in [5.74, 6) is 0. The lowest BCUT2D eigenvalue weighted by Gasteiger charge is -2.20. The number of nitrogens with zero attached hydrogens (tertiary/aromatic N) is 3. The number of hydrogen-bond donors (Lipinski definition) is 1. The Kier molecular flexibility index (Phi) is 3.69. The minimum atomic E-state index is 0.739. The van der Waals surface area contributed by atoms with Crippen molar-refractivity contribution < 1.29 is 0 Å². The number of rotatable bonds is 4. The second kappa shape index (κ2) is 5.79. The third-order valence-electron chi connectivity index (χ3n) is 3.58. The van der Waals surface area contributed by atoms with Crippen LogP contribution >= 0.6 is 0 Å². The van der Waals surface area contributed by atoms with Gasteiger partial charge in [0.05, 0.1) is 5.52 Å². The zero-order valence-corrected chi connectivity index (χ0v) is 12.0. The van der Waals surface area contributed by atoms with Crippen LogP contribution in [0.4, 0.5) is 11.4 Å². The van der Waals surface area contributed by atoms with Crippen molar-refractivity contribution in [3.8, 4) is 0 Å². The Hall–Kier alpha value is -2.62. The van der Waals surface area contributed by atoms with Gasteiger partial charge in [-0.25, -0.2) is 0 Å². The first-order chi connectivity index (χ1) is 10.2. The van der Waals surface area contributed by atoms with Crippen LogP contribution < -0.4 is 10.6 Å². The Morgan fingerprint density at radius 2 is 1.95 bits per heavy atom. The normalized spacial score (nSPS) is 10.7. The summed E-state index contributed by atoms with van der Waals surface area (Å²) in [5, 5.41) is 1.12. The number of benzene rings is 1. The number of aromatic nitrogens is 2. The lowest BCUT2D eigenvalue weighted by Crippen LogP contribution is -2.21. The highest BCUT2D eigenvalue weighted by molar-refractivity contribution is 5.93. The van der Waals surface area contributed by atoms with E-state index in [0.29, 0.717) is 0 Å². The summed E-state index contributed by atoms with van der Waals surface area (Å²) >= 11 is 0. The van der Waals surface area contributed by atoms with Crippen LogP contribution in [-0.4, -0.2) is 23.6 Å². The molecule has 21 heavy (non-hydrogen) atoms. The molecule has 0 spiro atoms. The van der Waals surface area contributed by atoms with Crippen LogP contribution in [0.1, 0.15) is 5.69 Å². The van der Waals surface area contributed by atoms with Gasteiger partial charge >= 0.3 is 0 Å². The Labute approximate surface area is 124 Å². The first-order valence-electron chi connectivity index (χ1n) is 6.99. The molecule has 0 bridgehead atoms. The minimum absolute atomic E-state index is 0.739. The fourth-order valence-electron chi connectivity index (χ4n) is 2.43. The molecule has 2 aromatic heterocycles. The molecule has 0 aliphatic heterocycles. The van der Waals surface area contributed by atoms with E-state index in [1.807, 2.05) is 48.8 Å². The van der Waals surface area contributed by atoms with Crippen LogP contribution in [0.15, 0.2) is 54.9 Å². The zero-order valence-electron chi connectivity index (χ0n) is 12.0. The molecule has 0 atom stereocenters. The fourth-order valence-corrected chi connectivity index (χ4v) is 2.43. The van der Waals surface area contributed by atoms with E-state index in [1.54, 1.807) is 0 Å². The van der Waals surface area contributed by atoms with E-state index in [2.05, 4.69) is 28.0 Å². The Bertz CT molecular complexity index is 740. The van der Waals surface area contributed by atoms with Gasteiger partial charge in [0, 0.05) is 54.9 Å². The van der Waals surface area contributed by atoms with Gasteiger partial charge in [0.1, 0.15) is 0 Å². The van der Waals surface area contributed by atoms with Crippen LogP contribution in [0.5, 0.6) is 0 Å². The third kappa shape index (κ3) is 2.94. The molecule has 2 N–H and O–H groups in total. The van der Waals surface area contributed by atoms with Gasteiger partial charge in [-0.05, 0) is 36.4 Å². The lowest BCUT2D eigenvalue weighted by molar-refractivity contribution is 0.855. The summed E-state index contributed by atoms with van der Waals surface area (Å²) in [7, 11) is 2.09. The predicted octanol–water partition coefficient (Wildman–Crippen LogP) is 2.89. The highest BCUT2D eigenvalue weighted by atomic mass is 15.1. The van der Waals surface area contributed by atoms with Crippen LogP contribution in [0.25, 0.3) is 10.9 Å². The minimum Gasteiger partial charge on any atom is -0.399 e. The summed E-state index contributed by atoms with van der Waals surface area (Å²) in [6.07, 6.45) is 4.57. The average Bonchev–Trinajstić information content (AvgIpc) is 2.52. The quantitative estimate of drug-likeness (QED) is 0.746. The molecule has 1 aromatic carbocycles. The molecule has 4 heteroatoms. The highest BCUT2D eigenvalue weighted by Crippen LogP contribution is 2.25. The Morgan fingerprint density at radius 3 is 2.76 bits per heavy atom. The van der Waals surface area contributed by atoms with Crippen molar-refractivity contribution >= 4 is 22.3 Å². The first-order valence-corrected chi connectivity index (χ1v) is 6.99. The summed E-state index contributed by atoms with van der Waals surface area (Å²) in [4.78, 5) is 11.0. The maximum Gasteiger partial charge on any atom is 0.0743 e. The Morgan fingerprint density at radius 1 is 1.05 bits per heavy atom. The number of nitrogen functional groups attached to an aromatic ring is 1. The van der Waals surface area contributed by atoms with E-state index in [4.69, 9.17) is 5.73 Å². The second-order valence-electron chi connectivity index (χ2n) is 5.10. The van der Waals surface area contributed by atoms with Crippen molar-refractivity contribution in [2.45, 2.75) is 6.42 Å². The van der Waals surface area contributed by atoms with Gasteiger partial charge in [0.25, 0.3) is 0 Å². The van der Waals surface area contributed by atoms with Crippen molar-refractivity contribution in [1.82, 2.24) is 9.97 Å². The fraction of sp³-hybridized carbons (Fsp3) is 0.176. The third-order valence-corrected chi connectivity index (χ3v) is 3.58. The number of anilines is 2. The van der Waals surface area contributed by atoms with Crippen LogP contribution in [0.3, 0.4) is 0 Å². The molecule has 106 valence electrons. The molecule has 4 nitrogen and oxygen atoms in total. The smallest absolute Gasteiger partial charge is 0.0743 e. The number of hydrogen-bond acceptors (Lipinski definition) is 4. The SMILES string of the molecule is CN(CCc1ccccn1)c1ccnc2cc(N)ccc12. The van der Waals surface area contributed by atoms with Gasteiger partial charge in [-0.15, -0.1) is 0 Å². The van der Waals surface area contributed by atoms with E-state index >= 15 is 0 Å². The number of likely N-dealkylation sites (N-methyl/N-ethyl adjacent to an activating group) is 1. The maximum absolute atomic E-state index is 5.82. The summed E-state index contributed by atoms with van der Waals surface area (Å²) in [5.41, 5.74) is 9.76. The number of pyridine rings is 2. The van der Waals surface area contributed by atoms with E-state index in [0.717, 1.165) is 40.9 Å². The molecule has 0 saturated heterocycles. The van der Waals surface area contributed by atoms with Gasteiger partial charge in [-0.1, -0.05) is 6.07 Å².